The van der Waals surface area contributed by atoms with Crippen LogP contribution in [0.25, 0.3) is 11.3 Å². The minimum Gasteiger partial charge on any atom is -0.320 e. The second-order valence-corrected chi connectivity index (χ2v) is 5.83. The summed E-state index contributed by atoms with van der Waals surface area (Å²) in [6, 6.07) is 6.74. The largest absolute Gasteiger partial charge is 0.320 e. The molecule has 1 aromatic heterocycles. The number of hydrogen-bond acceptors (Lipinski definition) is 3. The molecule has 0 atom stereocenters. The fraction of sp³-hybridized carbons (Fsp3) is 0.375. The molecular formula is C16H16ClFN4. The van der Waals surface area contributed by atoms with Gasteiger partial charge in [0, 0.05) is 17.7 Å². The van der Waals surface area contributed by atoms with Gasteiger partial charge in [-0.05, 0) is 44.1 Å². The van der Waals surface area contributed by atoms with Crippen molar-refractivity contribution in [1.82, 2.24) is 14.9 Å². The van der Waals surface area contributed by atoms with Crippen molar-refractivity contribution < 1.29 is 4.39 Å². The molecule has 4 nitrogen and oxygen atoms in total. The number of nitriles is 1. The quantitative estimate of drug-likeness (QED) is 0.944. The lowest BCUT2D eigenvalue weighted by molar-refractivity contribution is 0.435. The van der Waals surface area contributed by atoms with Gasteiger partial charge in [-0.3, -0.25) is 0 Å². The van der Waals surface area contributed by atoms with Crippen LogP contribution in [0.1, 0.15) is 24.6 Å². The Hall–Kier alpha value is -1.90. The van der Waals surface area contributed by atoms with Crippen molar-refractivity contribution in [3.63, 3.8) is 0 Å². The fourth-order valence-corrected chi connectivity index (χ4v) is 3.01. The molecule has 22 heavy (non-hydrogen) atoms. The minimum atomic E-state index is -0.444. The molecule has 0 saturated carbocycles. The highest BCUT2D eigenvalue weighted by Gasteiger charge is 2.21. The minimum absolute atomic E-state index is 0.0794. The molecule has 0 amide bonds. The lowest BCUT2D eigenvalue weighted by Crippen LogP contribution is -2.28. The van der Waals surface area contributed by atoms with Crippen LogP contribution < -0.4 is 5.32 Å². The van der Waals surface area contributed by atoms with E-state index in [1.807, 2.05) is 10.8 Å². The van der Waals surface area contributed by atoms with Crippen molar-refractivity contribution in [2.24, 2.45) is 0 Å². The number of rotatable bonds is 3. The summed E-state index contributed by atoms with van der Waals surface area (Å²) in [7, 11) is 0. The first-order chi connectivity index (χ1) is 10.7. The number of imidazole rings is 1. The van der Waals surface area contributed by atoms with Crippen molar-refractivity contribution in [3.8, 4) is 17.3 Å². The highest BCUT2D eigenvalue weighted by atomic mass is 35.5. The van der Waals surface area contributed by atoms with Gasteiger partial charge >= 0.3 is 0 Å². The number of piperidine rings is 1. The van der Waals surface area contributed by atoms with Gasteiger partial charge < -0.3 is 9.88 Å². The highest BCUT2D eigenvalue weighted by Crippen LogP contribution is 2.29. The molecule has 0 unspecified atom stereocenters. The molecule has 1 aliphatic heterocycles. The van der Waals surface area contributed by atoms with Crippen LogP contribution in [0.4, 0.5) is 4.39 Å². The van der Waals surface area contributed by atoms with Crippen LogP contribution in [-0.2, 0) is 6.54 Å². The van der Waals surface area contributed by atoms with Crippen LogP contribution in [0.2, 0.25) is 5.02 Å². The molecule has 1 saturated heterocycles. The number of halogens is 2. The number of benzene rings is 1. The Labute approximate surface area is 133 Å². The van der Waals surface area contributed by atoms with Gasteiger partial charge in [0.15, 0.2) is 0 Å². The Kier molecular flexibility index (Phi) is 4.41. The summed E-state index contributed by atoms with van der Waals surface area (Å²) in [6.07, 6.45) is 3.86. The maximum absolute atomic E-state index is 13.3. The van der Waals surface area contributed by atoms with Crippen molar-refractivity contribution in [2.75, 3.05) is 13.1 Å². The van der Waals surface area contributed by atoms with Gasteiger partial charge in [0.25, 0.3) is 0 Å². The Morgan fingerprint density at radius 3 is 2.86 bits per heavy atom. The second kappa shape index (κ2) is 6.47. The summed E-state index contributed by atoms with van der Waals surface area (Å²) >= 11 is 5.85. The van der Waals surface area contributed by atoms with Gasteiger partial charge in [-0.2, -0.15) is 5.26 Å². The average Bonchev–Trinajstić information content (AvgIpc) is 2.95. The van der Waals surface area contributed by atoms with Crippen molar-refractivity contribution in [3.05, 3.63) is 41.1 Å². The normalized spacial score (nSPS) is 15.7. The van der Waals surface area contributed by atoms with E-state index in [-0.39, 0.29) is 11.6 Å². The topological polar surface area (TPSA) is 53.6 Å². The summed E-state index contributed by atoms with van der Waals surface area (Å²) in [6.45, 7) is 2.19. The Balaban J connectivity index is 1.98. The van der Waals surface area contributed by atoms with Gasteiger partial charge in [-0.1, -0.05) is 11.6 Å². The molecule has 6 heteroatoms. The van der Waals surface area contributed by atoms with Crippen molar-refractivity contribution in [2.45, 2.75) is 25.3 Å². The monoisotopic (exact) mass is 318 g/mol. The van der Waals surface area contributed by atoms with E-state index in [1.165, 1.54) is 6.07 Å². The number of nitrogens with one attached hydrogen (secondary N) is 1. The van der Waals surface area contributed by atoms with Crippen LogP contribution in [0.5, 0.6) is 0 Å². The zero-order valence-corrected chi connectivity index (χ0v) is 12.8. The van der Waals surface area contributed by atoms with E-state index in [0.29, 0.717) is 5.92 Å². The van der Waals surface area contributed by atoms with E-state index in [9.17, 15) is 4.39 Å². The standard InChI is InChI=1S/C16H16ClFN4/c17-13-9-12(1-2-14(13)18)15-10-22(8-5-19)16(21-15)11-3-6-20-7-4-11/h1-2,9-11,20H,3-4,6-8H2. The van der Waals surface area contributed by atoms with Crippen LogP contribution >= 0.6 is 11.6 Å². The van der Waals surface area contributed by atoms with E-state index in [1.54, 1.807) is 12.1 Å². The van der Waals surface area contributed by atoms with Crippen LogP contribution in [0.3, 0.4) is 0 Å². The maximum Gasteiger partial charge on any atom is 0.141 e. The zero-order chi connectivity index (χ0) is 15.5. The summed E-state index contributed by atoms with van der Waals surface area (Å²) in [4.78, 5) is 4.70. The van der Waals surface area contributed by atoms with Gasteiger partial charge in [0.05, 0.1) is 16.8 Å². The third kappa shape index (κ3) is 2.99. The lowest BCUT2D eigenvalue weighted by atomic mass is 9.97. The molecule has 0 spiro atoms. The third-order valence-corrected chi connectivity index (χ3v) is 4.26. The predicted molar refractivity (Wildman–Crippen MR) is 83.1 cm³/mol. The van der Waals surface area contributed by atoms with E-state index < -0.39 is 5.82 Å². The predicted octanol–water partition coefficient (Wildman–Crippen LogP) is 3.33. The third-order valence-electron chi connectivity index (χ3n) is 3.97. The summed E-state index contributed by atoms with van der Waals surface area (Å²) < 4.78 is 15.2. The Morgan fingerprint density at radius 1 is 1.41 bits per heavy atom. The van der Waals surface area contributed by atoms with Crippen molar-refractivity contribution >= 4 is 11.6 Å². The van der Waals surface area contributed by atoms with Crippen LogP contribution in [-0.4, -0.2) is 22.6 Å². The molecule has 2 heterocycles. The Morgan fingerprint density at radius 2 is 2.18 bits per heavy atom. The summed E-state index contributed by atoms with van der Waals surface area (Å²) in [5.41, 5.74) is 1.49. The zero-order valence-electron chi connectivity index (χ0n) is 12.0. The molecular weight excluding hydrogens is 303 g/mol. The van der Waals surface area contributed by atoms with Crippen LogP contribution in [0, 0.1) is 17.1 Å². The molecule has 1 fully saturated rings. The number of nitrogens with zero attached hydrogens (tertiary/aromatic N) is 3. The smallest absolute Gasteiger partial charge is 0.141 e. The first-order valence-corrected chi connectivity index (χ1v) is 7.67. The maximum atomic E-state index is 13.3. The van der Waals surface area contributed by atoms with Crippen LogP contribution in [0.15, 0.2) is 24.4 Å². The fourth-order valence-electron chi connectivity index (χ4n) is 2.83. The first kappa shape index (κ1) is 15.0. The van der Waals surface area contributed by atoms with E-state index in [0.717, 1.165) is 43.0 Å². The molecule has 0 radical (unpaired) electrons. The number of hydrogen-bond donors (Lipinski definition) is 1. The molecule has 114 valence electrons. The molecule has 2 aromatic rings. The Bertz CT molecular complexity index is 713. The molecule has 1 N–H and O–H groups in total. The molecule has 1 aliphatic rings. The molecule has 3 rings (SSSR count). The SMILES string of the molecule is N#CCn1cc(-c2ccc(F)c(Cl)c2)nc1C1CCNCC1. The van der Waals surface area contributed by atoms with E-state index in [4.69, 9.17) is 21.8 Å². The van der Waals surface area contributed by atoms with Gasteiger partial charge in [-0.25, -0.2) is 9.37 Å². The van der Waals surface area contributed by atoms with Gasteiger partial charge in [0.2, 0.25) is 0 Å². The molecule has 0 aliphatic carbocycles. The summed E-state index contributed by atoms with van der Waals surface area (Å²) in [5.74, 6) is 0.832. The van der Waals surface area contributed by atoms with Gasteiger partial charge in [-0.15, -0.1) is 0 Å². The van der Waals surface area contributed by atoms with E-state index in [2.05, 4.69) is 11.4 Å². The number of aromatic nitrogens is 2. The lowest BCUT2D eigenvalue weighted by Gasteiger charge is -2.22. The molecule has 1 aromatic carbocycles. The summed E-state index contributed by atoms with van der Waals surface area (Å²) in [5, 5.41) is 12.4. The second-order valence-electron chi connectivity index (χ2n) is 5.42. The molecule has 0 bridgehead atoms. The van der Waals surface area contributed by atoms with E-state index >= 15 is 0 Å². The van der Waals surface area contributed by atoms with Crippen molar-refractivity contribution in [1.29, 1.82) is 5.26 Å². The highest BCUT2D eigenvalue weighted by molar-refractivity contribution is 6.31. The first-order valence-electron chi connectivity index (χ1n) is 7.29. The van der Waals surface area contributed by atoms with Gasteiger partial charge in [0.1, 0.15) is 18.2 Å². The average molecular weight is 319 g/mol.